The summed E-state index contributed by atoms with van der Waals surface area (Å²) in [6.45, 7) is 10.7. The van der Waals surface area contributed by atoms with Crippen LogP contribution in [-0.2, 0) is 16.5 Å². The highest BCUT2D eigenvalue weighted by Crippen LogP contribution is 2.37. The van der Waals surface area contributed by atoms with Crippen molar-refractivity contribution in [2.45, 2.75) is 50.3 Å². The van der Waals surface area contributed by atoms with E-state index in [0.717, 1.165) is 0 Å². The first-order valence-corrected chi connectivity index (χ1v) is 11.8. The van der Waals surface area contributed by atoms with Crippen LogP contribution in [0.4, 0.5) is 4.39 Å². The average molecular weight is 346 g/mol. The van der Waals surface area contributed by atoms with Crippen LogP contribution in [0.1, 0.15) is 26.3 Å². The lowest BCUT2D eigenvalue weighted by atomic mass is 10.2. The first kappa shape index (κ1) is 19.3. The Morgan fingerprint density at radius 1 is 1.32 bits per heavy atom. The summed E-state index contributed by atoms with van der Waals surface area (Å²) in [5.41, 5.74) is 0.552. The third-order valence-electron chi connectivity index (χ3n) is 4.05. The molecule has 0 heterocycles. The predicted molar refractivity (Wildman–Crippen MR) is 94.0 cm³/mol. The van der Waals surface area contributed by atoms with Gasteiger partial charge in [0, 0.05) is 12.1 Å². The van der Waals surface area contributed by atoms with E-state index in [1.165, 1.54) is 6.07 Å². The van der Waals surface area contributed by atoms with Gasteiger partial charge in [0.15, 0.2) is 8.24 Å². The molecule has 0 bridgehead atoms. The van der Waals surface area contributed by atoms with Gasteiger partial charge in [-0.2, -0.15) is 0 Å². The Balaban J connectivity index is 3.30. The maximum absolute atomic E-state index is 14.2. The molecule has 0 saturated carbocycles. The summed E-state index contributed by atoms with van der Waals surface area (Å²) < 4.78 is 31.5. The molecule has 0 aliphatic rings. The van der Waals surface area contributed by atoms with Gasteiger partial charge < -0.3 is 4.90 Å². The van der Waals surface area contributed by atoms with E-state index in [2.05, 4.69) is 24.8 Å². The fourth-order valence-corrected chi connectivity index (χ4v) is 6.47. The predicted octanol–water partition coefficient (Wildman–Crippen LogP) is 3.59. The monoisotopic (exact) mass is 345 g/mol. The van der Waals surface area contributed by atoms with Gasteiger partial charge in [-0.3, -0.25) is 4.03 Å². The van der Waals surface area contributed by atoms with Gasteiger partial charge in [-0.25, -0.2) is 13.7 Å². The number of halogens is 1. The molecule has 2 N–H and O–H groups in total. The second-order valence-electron chi connectivity index (χ2n) is 7.46. The van der Waals surface area contributed by atoms with Crippen LogP contribution in [0.5, 0.6) is 0 Å². The molecule has 1 rings (SSSR count). The van der Waals surface area contributed by atoms with Crippen LogP contribution in [-0.4, -0.2) is 31.4 Å². The number of nitrogens with two attached hydrogens (primary N) is 1. The van der Waals surface area contributed by atoms with Gasteiger partial charge in [0.2, 0.25) is 0 Å². The number of rotatable bonds is 4. The lowest BCUT2D eigenvalue weighted by Gasteiger charge is -2.32. The van der Waals surface area contributed by atoms with Crippen molar-refractivity contribution >= 4 is 18.2 Å². The molecule has 7 heteroatoms. The van der Waals surface area contributed by atoms with Crippen LogP contribution in [0.25, 0.3) is 0 Å². The van der Waals surface area contributed by atoms with Crippen molar-refractivity contribution in [3.63, 3.8) is 0 Å². The van der Waals surface area contributed by atoms with Crippen LogP contribution < -0.4 is 5.14 Å². The molecule has 0 aromatic heterocycles. The van der Waals surface area contributed by atoms with Crippen LogP contribution in [0.3, 0.4) is 0 Å². The summed E-state index contributed by atoms with van der Waals surface area (Å²) in [4.78, 5) is 2.13. The molecule has 0 saturated heterocycles. The van der Waals surface area contributed by atoms with Gasteiger partial charge in [0.25, 0.3) is 0 Å². The van der Waals surface area contributed by atoms with Crippen molar-refractivity contribution < 1.29 is 8.60 Å². The third kappa shape index (κ3) is 4.61. The molecule has 0 aliphatic carbocycles. The summed E-state index contributed by atoms with van der Waals surface area (Å²) in [5.74, 6) is -0.394. The Bertz CT molecular complexity index is 659. The maximum Gasteiger partial charge on any atom is 0.195 e. The Morgan fingerprint density at radius 3 is 2.27 bits per heavy atom. The van der Waals surface area contributed by atoms with Crippen LogP contribution >= 0.6 is 0 Å². The van der Waals surface area contributed by atoms with Gasteiger partial charge >= 0.3 is 0 Å². The quantitative estimate of drug-likeness (QED) is 0.848. The standard InChI is InChI=1S/C15H28FN3OSSi/c1-15(2,3)22(6,7)18-21(17,20)13-9-8-12(11-19(4)5)14(16)10-13/h8-10H,11H2,1-7H3,(H2,17,18,20). The number of benzene rings is 1. The lowest BCUT2D eigenvalue weighted by Crippen LogP contribution is -2.37. The highest BCUT2D eigenvalue weighted by molar-refractivity contribution is 7.92. The van der Waals surface area contributed by atoms with Crippen LogP contribution in [0.2, 0.25) is 18.1 Å². The van der Waals surface area contributed by atoms with E-state index >= 15 is 0 Å². The van der Waals surface area contributed by atoms with Crippen molar-refractivity contribution in [2.24, 2.45) is 9.17 Å². The van der Waals surface area contributed by atoms with E-state index in [-0.39, 0.29) is 9.93 Å². The molecule has 1 aromatic rings. The molecule has 1 unspecified atom stereocenters. The summed E-state index contributed by atoms with van der Waals surface area (Å²) in [5, 5.41) is 5.89. The van der Waals surface area contributed by atoms with Gasteiger partial charge in [0.05, 0.1) is 4.90 Å². The van der Waals surface area contributed by atoms with Gasteiger partial charge in [0.1, 0.15) is 15.7 Å². The maximum atomic E-state index is 14.2. The van der Waals surface area contributed by atoms with Gasteiger partial charge in [-0.05, 0) is 44.4 Å². The summed E-state index contributed by atoms with van der Waals surface area (Å²) in [7, 11) is -1.54. The van der Waals surface area contributed by atoms with E-state index in [0.29, 0.717) is 12.1 Å². The summed E-state index contributed by atoms with van der Waals surface area (Å²) in [6.07, 6.45) is 0. The molecule has 0 radical (unpaired) electrons. The second kappa shape index (κ2) is 6.39. The van der Waals surface area contributed by atoms with Crippen molar-refractivity contribution in [2.75, 3.05) is 14.1 Å². The highest BCUT2D eigenvalue weighted by Gasteiger charge is 2.37. The Hall–Kier alpha value is -0.763. The number of hydrogen-bond donors (Lipinski definition) is 1. The minimum atomic E-state index is -3.09. The largest absolute Gasteiger partial charge is 0.305 e. The molecule has 126 valence electrons. The minimum Gasteiger partial charge on any atom is -0.305 e. The van der Waals surface area contributed by atoms with Crippen LogP contribution in [0.15, 0.2) is 27.1 Å². The lowest BCUT2D eigenvalue weighted by molar-refractivity contribution is 0.392. The van der Waals surface area contributed by atoms with Crippen molar-refractivity contribution in [1.29, 1.82) is 0 Å². The van der Waals surface area contributed by atoms with Crippen molar-refractivity contribution in [3.8, 4) is 0 Å². The topological polar surface area (TPSA) is 58.7 Å². The smallest absolute Gasteiger partial charge is 0.195 e. The van der Waals surface area contributed by atoms with E-state index in [1.807, 2.05) is 32.1 Å². The zero-order valence-corrected chi connectivity index (χ0v) is 16.4. The third-order valence-corrected chi connectivity index (χ3v) is 11.6. The van der Waals surface area contributed by atoms with E-state index in [1.54, 1.807) is 12.1 Å². The SMILES string of the molecule is CN(C)Cc1ccc(S(N)(=O)=N[Si](C)(C)C(C)(C)C)cc1F. The molecule has 0 aliphatic heterocycles. The molecule has 0 amide bonds. The Morgan fingerprint density at radius 2 is 1.86 bits per heavy atom. The zero-order chi connectivity index (χ0) is 17.3. The molecule has 22 heavy (non-hydrogen) atoms. The highest BCUT2D eigenvalue weighted by atomic mass is 32.2. The molecule has 0 spiro atoms. The summed E-state index contributed by atoms with van der Waals surface area (Å²) in [6, 6.07) is 4.52. The summed E-state index contributed by atoms with van der Waals surface area (Å²) >= 11 is 0. The Kier molecular flexibility index (Phi) is 5.60. The van der Waals surface area contributed by atoms with Crippen LogP contribution in [0, 0.1) is 5.82 Å². The van der Waals surface area contributed by atoms with Crippen molar-refractivity contribution in [3.05, 3.63) is 29.6 Å². The zero-order valence-electron chi connectivity index (χ0n) is 14.6. The van der Waals surface area contributed by atoms with Crippen molar-refractivity contribution in [1.82, 2.24) is 4.90 Å². The first-order chi connectivity index (χ1) is 9.76. The Labute approximate surface area is 135 Å². The van der Waals surface area contributed by atoms with Gasteiger partial charge in [-0.1, -0.05) is 26.8 Å². The fourth-order valence-electron chi connectivity index (χ4n) is 1.71. The molecule has 4 nitrogen and oxygen atoms in total. The van der Waals surface area contributed by atoms with E-state index in [9.17, 15) is 8.60 Å². The van der Waals surface area contributed by atoms with E-state index < -0.39 is 24.0 Å². The molecule has 0 fully saturated rings. The second-order valence-corrected chi connectivity index (χ2v) is 14.4. The number of hydrogen-bond acceptors (Lipinski definition) is 3. The minimum absolute atomic E-state index is 0.0710. The molecular weight excluding hydrogens is 317 g/mol. The fraction of sp³-hybridized carbons (Fsp3) is 0.600. The molecular formula is C15H28FN3OSSi. The van der Waals surface area contributed by atoms with Gasteiger partial charge in [-0.15, -0.1) is 0 Å². The molecule has 1 atom stereocenters. The average Bonchev–Trinajstić information content (AvgIpc) is 2.28. The first-order valence-electron chi connectivity index (χ1n) is 7.25. The van der Waals surface area contributed by atoms with E-state index in [4.69, 9.17) is 5.14 Å². The molecule has 1 aromatic carbocycles. The normalized spacial score (nSPS) is 15.7. The number of nitrogens with zero attached hydrogens (tertiary/aromatic N) is 2.